The molecule has 0 aliphatic carbocycles. The van der Waals surface area contributed by atoms with Gasteiger partial charge < -0.3 is 10.5 Å². The van der Waals surface area contributed by atoms with Crippen LogP contribution in [0.4, 0.5) is 5.69 Å². The van der Waals surface area contributed by atoms with Crippen LogP contribution >= 0.6 is 0 Å². The van der Waals surface area contributed by atoms with Crippen molar-refractivity contribution >= 4 is 25.5 Å². The predicted molar refractivity (Wildman–Crippen MR) is 80.3 cm³/mol. The van der Waals surface area contributed by atoms with Gasteiger partial charge in [0.15, 0.2) is 9.84 Å². The third kappa shape index (κ3) is 3.94. The first-order valence-corrected chi connectivity index (χ1v) is 9.41. The van der Waals surface area contributed by atoms with E-state index in [0.29, 0.717) is 0 Å². The van der Waals surface area contributed by atoms with Gasteiger partial charge in [-0.3, -0.25) is 0 Å². The fourth-order valence-corrected chi connectivity index (χ4v) is 3.92. The van der Waals surface area contributed by atoms with Gasteiger partial charge in [0.25, 0.3) is 0 Å². The van der Waals surface area contributed by atoms with Gasteiger partial charge in [-0.25, -0.2) is 16.8 Å². The SMILES string of the molecule is COCC(C)N(C)S(=O)(=O)c1cc(S(C)(=O)=O)ccc1N. The van der Waals surface area contributed by atoms with Crippen molar-refractivity contribution in [2.24, 2.45) is 0 Å². The normalized spacial score (nSPS) is 14.3. The number of hydrogen-bond donors (Lipinski definition) is 1. The number of nitrogens with zero attached hydrogens (tertiary/aromatic N) is 1. The molecular formula is C12H20N2O5S2. The highest BCUT2D eigenvalue weighted by Gasteiger charge is 2.28. The highest BCUT2D eigenvalue weighted by Crippen LogP contribution is 2.26. The molecule has 120 valence electrons. The zero-order valence-corrected chi connectivity index (χ0v) is 14.0. The highest BCUT2D eigenvalue weighted by atomic mass is 32.2. The van der Waals surface area contributed by atoms with Gasteiger partial charge in [-0.1, -0.05) is 0 Å². The molecule has 0 radical (unpaired) electrons. The second-order valence-corrected chi connectivity index (χ2v) is 8.78. The van der Waals surface area contributed by atoms with Crippen LogP contribution in [-0.2, 0) is 24.6 Å². The molecule has 1 unspecified atom stereocenters. The number of sulfone groups is 1. The lowest BCUT2D eigenvalue weighted by atomic mass is 10.3. The molecule has 7 nitrogen and oxygen atoms in total. The summed E-state index contributed by atoms with van der Waals surface area (Å²) in [6, 6.07) is 3.22. The molecule has 9 heteroatoms. The number of ether oxygens (including phenoxy) is 1. The van der Waals surface area contributed by atoms with E-state index in [0.717, 1.165) is 16.6 Å². The maximum Gasteiger partial charge on any atom is 0.245 e. The van der Waals surface area contributed by atoms with E-state index < -0.39 is 25.9 Å². The summed E-state index contributed by atoms with van der Waals surface area (Å²) in [6.07, 6.45) is 1.01. The Bertz CT molecular complexity index is 713. The molecule has 1 atom stereocenters. The molecule has 21 heavy (non-hydrogen) atoms. The molecule has 1 aromatic carbocycles. The van der Waals surface area contributed by atoms with Crippen LogP contribution in [-0.4, -0.2) is 54.2 Å². The molecule has 0 saturated heterocycles. The summed E-state index contributed by atoms with van der Waals surface area (Å²) < 4.78 is 54.2. The summed E-state index contributed by atoms with van der Waals surface area (Å²) in [5.41, 5.74) is 5.70. The summed E-state index contributed by atoms with van der Waals surface area (Å²) in [5.74, 6) is 0. The molecule has 0 spiro atoms. The zero-order valence-electron chi connectivity index (χ0n) is 12.4. The van der Waals surface area contributed by atoms with E-state index in [1.165, 1.54) is 26.3 Å². The van der Waals surface area contributed by atoms with E-state index in [1.54, 1.807) is 6.92 Å². The van der Waals surface area contributed by atoms with Gasteiger partial charge in [-0.05, 0) is 25.1 Å². The first-order valence-electron chi connectivity index (χ1n) is 6.08. The molecule has 0 amide bonds. The topological polar surface area (TPSA) is 107 Å². The number of benzene rings is 1. The number of anilines is 1. The summed E-state index contributed by atoms with van der Waals surface area (Å²) in [5, 5.41) is 0. The van der Waals surface area contributed by atoms with Crippen LogP contribution in [0.5, 0.6) is 0 Å². The number of nitrogens with two attached hydrogens (primary N) is 1. The van der Waals surface area contributed by atoms with Crippen LogP contribution in [0.2, 0.25) is 0 Å². The maximum absolute atomic E-state index is 12.5. The highest BCUT2D eigenvalue weighted by molar-refractivity contribution is 7.91. The van der Waals surface area contributed by atoms with Gasteiger partial charge in [0, 0.05) is 26.5 Å². The Morgan fingerprint density at radius 1 is 1.29 bits per heavy atom. The maximum atomic E-state index is 12.5. The standard InChI is InChI=1S/C12H20N2O5S2/c1-9(8-19-3)14(2)21(17,18)12-7-10(20(4,15)16)5-6-11(12)13/h5-7,9H,8,13H2,1-4H3. The van der Waals surface area contributed by atoms with Crippen molar-refractivity contribution in [1.29, 1.82) is 0 Å². The van der Waals surface area contributed by atoms with Crippen molar-refractivity contribution in [2.75, 3.05) is 32.8 Å². The van der Waals surface area contributed by atoms with E-state index in [9.17, 15) is 16.8 Å². The summed E-state index contributed by atoms with van der Waals surface area (Å²) in [4.78, 5) is -0.320. The lowest BCUT2D eigenvalue weighted by Gasteiger charge is -2.24. The summed E-state index contributed by atoms with van der Waals surface area (Å²) in [7, 11) is -4.57. The molecule has 0 bridgehead atoms. The van der Waals surface area contributed by atoms with Gasteiger partial charge in [0.1, 0.15) is 4.90 Å². The van der Waals surface area contributed by atoms with Crippen molar-refractivity contribution in [3.8, 4) is 0 Å². The first kappa shape index (κ1) is 17.9. The van der Waals surface area contributed by atoms with E-state index in [-0.39, 0.29) is 22.1 Å². The van der Waals surface area contributed by atoms with E-state index in [1.807, 2.05) is 0 Å². The number of hydrogen-bond acceptors (Lipinski definition) is 6. The average molecular weight is 336 g/mol. The summed E-state index contributed by atoms with van der Waals surface area (Å²) >= 11 is 0. The minimum absolute atomic E-state index is 0.00105. The van der Waals surface area contributed by atoms with Crippen LogP contribution in [0.1, 0.15) is 6.92 Å². The monoisotopic (exact) mass is 336 g/mol. The van der Waals surface area contributed by atoms with Gasteiger partial charge in [0.05, 0.1) is 17.2 Å². The Kier molecular flexibility index (Phi) is 5.37. The Balaban J connectivity index is 3.38. The molecule has 2 N–H and O–H groups in total. The molecule has 0 aliphatic rings. The van der Waals surface area contributed by atoms with Gasteiger partial charge >= 0.3 is 0 Å². The Morgan fingerprint density at radius 2 is 1.86 bits per heavy atom. The molecule has 0 fully saturated rings. The van der Waals surface area contributed by atoms with E-state index >= 15 is 0 Å². The van der Waals surface area contributed by atoms with Crippen LogP contribution < -0.4 is 5.73 Å². The lowest BCUT2D eigenvalue weighted by molar-refractivity contribution is 0.149. The van der Waals surface area contributed by atoms with Crippen molar-refractivity contribution in [1.82, 2.24) is 4.31 Å². The van der Waals surface area contributed by atoms with Crippen LogP contribution in [0.3, 0.4) is 0 Å². The third-order valence-electron chi connectivity index (χ3n) is 3.10. The molecule has 0 heterocycles. The Morgan fingerprint density at radius 3 is 2.33 bits per heavy atom. The lowest BCUT2D eigenvalue weighted by Crippen LogP contribution is -2.38. The van der Waals surface area contributed by atoms with Crippen LogP contribution in [0.25, 0.3) is 0 Å². The first-order chi connectivity index (χ1) is 9.51. The largest absolute Gasteiger partial charge is 0.398 e. The number of nitrogen functional groups attached to an aromatic ring is 1. The molecular weight excluding hydrogens is 316 g/mol. The molecule has 1 aromatic rings. The number of rotatable bonds is 6. The number of likely N-dealkylation sites (N-methyl/N-ethyl adjacent to an activating group) is 1. The molecule has 0 saturated carbocycles. The molecule has 1 rings (SSSR count). The van der Waals surface area contributed by atoms with Gasteiger partial charge in [-0.2, -0.15) is 4.31 Å². The predicted octanol–water partition coefficient (Wildman–Crippen LogP) is 0.328. The molecule has 0 aliphatic heterocycles. The van der Waals surface area contributed by atoms with Crippen molar-refractivity contribution < 1.29 is 21.6 Å². The minimum Gasteiger partial charge on any atom is -0.398 e. The van der Waals surface area contributed by atoms with Gasteiger partial charge in [-0.15, -0.1) is 0 Å². The third-order valence-corrected chi connectivity index (χ3v) is 6.24. The van der Waals surface area contributed by atoms with E-state index in [2.05, 4.69) is 0 Å². The fraction of sp³-hybridized carbons (Fsp3) is 0.500. The average Bonchev–Trinajstić information content (AvgIpc) is 2.36. The van der Waals surface area contributed by atoms with Crippen molar-refractivity contribution in [3.63, 3.8) is 0 Å². The Labute approximate surface area is 125 Å². The second kappa shape index (κ2) is 6.30. The minimum atomic E-state index is -3.91. The van der Waals surface area contributed by atoms with Crippen molar-refractivity contribution in [3.05, 3.63) is 18.2 Å². The van der Waals surface area contributed by atoms with Crippen LogP contribution in [0, 0.1) is 0 Å². The van der Waals surface area contributed by atoms with Gasteiger partial charge in [0.2, 0.25) is 10.0 Å². The second-order valence-electron chi connectivity index (χ2n) is 4.80. The zero-order chi connectivity index (χ0) is 16.4. The quantitative estimate of drug-likeness (QED) is 0.750. The summed E-state index contributed by atoms with van der Waals surface area (Å²) in [6.45, 7) is 1.89. The smallest absolute Gasteiger partial charge is 0.245 e. The molecule has 0 aromatic heterocycles. The Hall–Kier alpha value is -1.16. The van der Waals surface area contributed by atoms with E-state index in [4.69, 9.17) is 10.5 Å². The van der Waals surface area contributed by atoms with Crippen LogP contribution in [0.15, 0.2) is 28.0 Å². The number of methoxy groups -OCH3 is 1. The fourth-order valence-electron chi connectivity index (χ4n) is 1.71. The van der Waals surface area contributed by atoms with Crippen molar-refractivity contribution in [2.45, 2.75) is 22.8 Å². The number of sulfonamides is 1.